The largest absolute Gasteiger partial charge is 0.252 e. The number of thiophene rings is 2. The molecule has 0 fully saturated rings. The number of hydrogen-bond donors (Lipinski definition) is 0. The van der Waals surface area contributed by atoms with Gasteiger partial charge in [0.05, 0.1) is 16.6 Å². The summed E-state index contributed by atoms with van der Waals surface area (Å²) in [5.41, 5.74) is 7.05. The molecule has 6 aromatic rings. The molecule has 4 aromatic heterocycles. The molecule has 0 saturated carbocycles. The van der Waals surface area contributed by atoms with Gasteiger partial charge in [-0.2, -0.15) is 8.75 Å². The molecule has 0 saturated heterocycles. The molecule has 2 aromatic carbocycles. The van der Waals surface area contributed by atoms with Crippen LogP contribution in [0.25, 0.3) is 52.6 Å². The molecule has 7 heteroatoms. The van der Waals surface area contributed by atoms with Crippen LogP contribution in [0.15, 0.2) is 60.8 Å². The van der Waals surface area contributed by atoms with E-state index in [1.54, 1.807) is 34.9 Å². The number of nitrogens with zero attached hydrogens (tertiary/aromatic N) is 3. The summed E-state index contributed by atoms with van der Waals surface area (Å²) in [6.45, 7) is 6.61. The minimum atomic E-state index is -0.219. The Bertz CT molecular complexity index is 1730. The first-order valence-corrected chi connectivity index (χ1v) is 16.4. The number of benzene rings is 2. The van der Waals surface area contributed by atoms with Crippen molar-refractivity contribution < 1.29 is 4.39 Å². The van der Waals surface area contributed by atoms with Gasteiger partial charge in [0.25, 0.3) is 0 Å². The lowest BCUT2D eigenvalue weighted by molar-refractivity contribution is 0.421. The van der Waals surface area contributed by atoms with Gasteiger partial charge < -0.3 is 0 Å². The number of aryl methyl sites for hydroxylation is 2. The second-order valence-electron chi connectivity index (χ2n) is 10.6. The van der Waals surface area contributed by atoms with Crippen LogP contribution in [0.2, 0.25) is 0 Å². The third-order valence-electron chi connectivity index (χ3n) is 7.78. The van der Waals surface area contributed by atoms with Gasteiger partial charge in [0.15, 0.2) is 0 Å². The Morgan fingerprint density at radius 2 is 1.57 bits per heavy atom. The van der Waals surface area contributed by atoms with E-state index in [2.05, 4.69) is 72.0 Å². The van der Waals surface area contributed by atoms with E-state index in [1.807, 2.05) is 6.07 Å². The van der Waals surface area contributed by atoms with Crippen LogP contribution in [0, 0.1) is 18.7 Å². The van der Waals surface area contributed by atoms with Crippen molar-refractivity contribution in [2.75, 3.05) is 0 Å². The number of rotatable bonds is 10. The summed E-state index contributed by atoms with van der Waals surface area (Å²) in [6.07, 6.45) is 8.72. The van der Waals surface area contributed by atoms with Gasteiger partial charge >= 0.3 is 0 Å². The van der Waals surface area contributed by atoms with Gasteiger partial charge in [0.2, 0.25) is 0 Å². The third kappa shape index (κ3) is 5.47. The summed E-state index contributed by atoms with van der Waals surface area (Å²) in [6, 6.07) is 18.8. The molecule has 204 valence electrons. The van der Waals surface area contributed by atoms with Gasteiger partial charge in [-0.15, -0.1) is 22.7 Å². The van der Waals surface area contributed by atoms with E-state index in [4.69, 9.17) is 4.98 Å². The van der Waals surface area contributed by atoms with Gasteiger partial charge in [-0.3, -0.25) is 4.98 Å². The number of pyridine rings is 1. The highest BCUT2D eigenvalue weighted by Gasteiger charge is 2.20. The minimum absolute atomic E-state index is 0.219. The normalized spacial score (nSPS) is 12.5. The first kappa shape index (κ1) is 27.2. The average Bonchev–Trinajstić information content (AvgIpc) is 3.69. The van der Waals surface area contributed by atoms with Crippen LogP contribution in [-0.2, 0) is 6.42 Å². The van der Waals surface area contributed by atoms with Crippen LogP contribution in [-0.4, -0.2) is 13.7 Å². The number of hydrogen-bond acceptors (Lipinski definition) is 6. The van der Waals surface area contributed by atoms with Gasteiger partial charge in [0.1, 0.15) is 22.5 Å². The summed E-state index contributed by atoms with van der Waals surface area (Å²) in [7, 11) is 0. The Labute approximate surface area is 247 Å². The Kier molecular flexibility index (Phi) is 8.05. The monoisotopic (exact) mass is 585 g/mol. The summed E-state index contributed by atoms with van der Waals surface area (Å²) >= 11 is 4.67. The van der Waals surface area contributed by atoms with Crippen molar-refractivity contribution in [2.45, 2.75) is 59.3 Å². The standard InChI is InChI=1S/C33H32FN3S3/c1-4-6-7-21(5-2)10-11-22-12-15-24(26(34)16-22)25-19-35-32(33-31(25)36-40-37-33)30-18-29-28(39-30)17-27(38-29)23-13-8-20(3)9-14-23/h8-9,12-19,21H,4-7,10-11H2,1-3H3. The number of aromatic nitrogens is 3. The highest BCUT2D eigenvalue weighted by molar-refractivity contribution is 7.31. The van der Waals surface area contributed by atoms with Crippen LogP contribution < -0.4 is 0 Å². The summed E-state index contributed by atoms with van der Waals surface area (Å²) in [4.78, 5) is 7.13. The number of halogens is 1. The van der Waals surface area contributed by atoms with Crippen molar-refractivity contribution in [1.82, 2.24) is 13.7 Å². The van der Waals surface area contributed by atoms with Gasteiger partial charge in [0, 0.05) is 31.6 Å². The molecule has 0 aliphatic carbocycles. The lowest BCUT2D eigenvalue weighted by Crippen LogP contribution is -2.01. The predicted molar refractivity (Wildman–Crippen MR) is 171 cm³/mol. The molecule has 40 heavy (non-hydrogen) atoms. The molecule has 0 amide bonds. The van der Waals surface area contributed by atoms with Crippen LogP contribution in [0.3, 0.4) is 0 Å². The topological polar surface area (TPSA) is 38.7 Å². The Morgan fingerprint density at radius 3 is 2.33 bits per heavy atom. The van der Waals surface area contributed by atoms with Crippen LogP contribution in [0.5, 0.6) is 0 Å². The molecule has 0 N–H and O–H groups in total. The smallest absolute Gasteiger partial charge is 0.132 e. The number of unbranched alkanes of at least 4 members (excludes halogenated alkanes) is 1. The third-order valence-corrected chi connectivity index (χ3v) is 10.7. The van der Waals surface area contributed by atoms with Crippen LogP contribution >= 0.6 is 34.4 Å². The van der Waals surface area contributed by atoms with E-state index in [0.717, 1.165) is 46.2 Å². The second-order valence-corrected chi connectivity index (χ2v) is 13.3. The maximum absolute atomic E-state index is 15.4. The fourth-order valence-corrected chi connectivity index (χ4v) is 8.27. The zero-order valence-corrected chi connectivity index (χ0v) is 25.5. The van der Waals surface area contributed by atoms with Gasteiger partial charge in [-0.1, -0.05) is 81.5 Å². The van der Waals surface area contributed by atoms with E-state index in [1.165, 1.54) is 51.1 Å². The highest BCUT2D eigenvalue weighted by Crippen LogP contribution is 2.43. The maximum Gasteiger partial charge on any atom is 0.132 e. The molecule has 0 spiro atoms. The first-order chi connectivity index (χ1) is 19.5. The molecule has 0 radical (unpaired) electrons. The Morgan fingerprint density at radius 1 is 0.825 bits per heavy atom. The summed E-state index contributed by atoms with van der Waals surface area (Å²) in [5, 5.41) is 0. The van der Waals surface area contributed by atoms with Gasteiger partial charge in [-0.25, -0.2) is 4.39 Å². The van der Waals surface area contributed by atoms with Crippen molar-refractivity contribution in [3.05, 3.63) is 77.7 Å². The Hall–Kier alpha value is -3.00. The molecular formula is C33H32FN3S3. The molecule has 1 unspecified atom stereocenters. The first-order valence-electron chi connectivity index (χ1n) is 14.0. The molecule has 6 rings (SSSR count). The van der Waals surface area contributed by atoms with E-state index >= 15 is 4.39 Å². The molecule has 0 aliphatic heterocycles. The average molecular weight is 586 g/mol. The van der Waals surface area contributed by atoms with E-state index in [-0.39, 0.29) is 5.82 Å². The Balaban J connectivity index is 1.26. The van der Waals surface area contributed by atoms with E-state index < -0.39 is 0 Å². The fraction of sp³-hybridized carbons (Fsp3) is 0.303. The lowest BCUT2D eigenvalue weighted by atomic mass is 9.92. The van der Waals surface area contributed by atoms with Crippen molar-refractivity contribution in [2.24, 2.45) is 5.92 Å². The fourth-order valence-electron chi connectivity index (χ4n) is 5.31. The van der Waals surface area contributed by atoms with E-state index in [0.29, 0.717) is 22.6 Å². The van der Waals surface area contributed by atoms with Crippen LogP contribution in [0.4, 0.5) is 4.39 Å². The SMILES string of the molecule is CCCCC(CC)CCc1ccc(-c2cnc(-c3cc4sc(-c5ccc(C)cc5)cc4s3)c3nsnc23)c(F)c1. The molecule has 1 atom stereocenters. The molecule has 0 bridgehead atoms. The quantitative estimate of drug-likeness (QED) is 0.160. The van der Waals surface area contributed by atoms with E-state index in [9.17, 15) is 0 Å². The van der Waals surface area contributed by atoms with Crippen molar-refractivity contribution in [3.63, 3.8) is 0 Å². The molecule has 3 nitrogen and oxygen atoms in total. The van der Waals surface area contributed by atoms with Crippen molar-refractivity contribution in [3.8, 4) is 32.1 Å². The molecule has 4 heterocycles. The molecular weight excluding hydrogens is 554 g/mol. The predicted octanol–water partition coefficient (Wildman–Crippen LogP) is 11.0. The van der Waals surface area contributed by atoms with Gasteiger partial charge in [-0.05, 0) is 55.0 Å². The van der Waals surface area contributed by atoms with Crippen LogP contribution in [0.1, 0.15) is 57.1 Å². The highest BCUT2D eigenvalue weighted by atomic mass is 32.1. The lowest BCUT2D eigenvalue weighted by Gasteiger charge is -2.14. The van der Waals surface area contributed by atoms with Crippen molar-refractivity contribution in [1.29, 1.82) is 0 Å². The van der Waals surface area contributed by atoms with Crippen molar-refractivity contribution >= 4 is 54.8 Å². The summed E-state index contributed by atoms with van der Waals surface area (Å²) < 4.78 is 27.1. The zero-order valence-electron chi connectivity index (χ0n) is 23.0. The summed E-state index contributed by atoms with van der Waals surface area (Å²) in [5.74, 6) is 0.491. The number of fused-ring (bicyclic) bond motifs is 2. The molecule has 0 aliphatic rings. The second kappa shape index (κ2) is 11.9. The minimum Gasteiger partial charge on any atom is -0.252 e. The zero-order chi connectivity index (χ0) is 27.6. The maximum atomic E-state index is 15.4.